The zero-order valence-corrected chi connectivity index (χ0v) is 8.78. The van der Waals surface area contributed by atoms with Crippen molar-refractivity contribution in [3.63, 3.8) is 0 Å². The van der Waals surface area contributed by atoms with Crippen LogP contribution in [0.4, 0.5) is 22.0 Å². The lowest BCUT2D eigenvalue weighted by atomic mass is 10.1. The molecule has 8 heteroatoms. The lowest BCUT2D eigenvalue weighted by Crippen LogP contribution is -2.11. The van der Waals surface area contributed by atoms with Gasteiger partial charge in [0.25, 0.3) is 6.43 Å². The number of alkyl halides is 5. The minimum atomic E-state index is -4.86. The second-order valence-electron chi connectivity index (χ2n) is 3.00. The Balaban J connectivity index is 3.43. The summed E-state index contributed by atoms with van der Waals surface area (Å²) in [5, 5.41) is 7.77. The Morgan fingerprint density at radius 1 is 1.41 bits per heavy atom. The van der Waals surface area contributed by atoms with Gasteiger partial charge in [0, 0.05) is 0 Å². The van der Waals surface area contributed by atoms with Crippen molar-refractivity contribution in [3.05, 3.63) is 28.0 Å². The molecule has 92 valence electrons. The molecule has 0 unspecified atom stereocenters. The van der Waals surface area contributed by atoms with E-state index in [9.17, 15) is 22.0 Å². The van der Waals surface area contributed by atoms with Crippen molar-refractivity contribution in [3.8, 4) is 6.07 Å². The van der Waals surface area contributed by atoms with Crippen molar-refractivity contribution in [2.75, 3.05) is 0 Å². The zero-order chi connectivity index (χ0) is 13.2. The van der Waals surface area contributed by atoms with Crippen molar-refractivity contribution in [2.24, 2.45) is 0 Å². The van der Waals surface area contributed by atoms with Crippen molar-refractivity contribution >= 4 is 11.6 Å². The van der Waals surface area contributed by atoms with Crippen molar-refractivity contribution < 1.29 is 22.0 Å². The highest BCUT2D eigenvalue weighted by atomic mass is 35.5. The van der Waals surface area contributed by atoms with Gasteiger partial charge in [0.1, 0.15) is 11.4 Å². The average Bonchev–Trinajstić information content (AvgIpc) is 2.19. The van der Waals surface area contributed by atoms with E-state index in [-0.39, 0.29) is 5.56 Å². The SMILES string of the molecule is N#CCc1cc(C(F)(F)F)nc(C(F)F)c1Cl. The highest BCUT2D eigenvalue weighted by Crippen LogP contribution is 2.34. The summed E-state index contributed by atoms with van der Waals surface area (Å²) < 4.78 is 61.9. The first-order valence-electron chi connectivity index (χ1n) is 4.19. The first-order chi connectivity index (χ1) is 7.77. The predicted molar refractivity (Wildman–Crippen MR) is 48.5 cm³/mol. The minimum absolute atomic E-state index is 0.313. The minimum Gasteiger partial charge on any atom is -0.241 e. The molecular weight excluding hydrogens is 267 g/mol. The fraction of sp³-hybridized carbons (Fsp3) is 0.333. The largest absolute Gasteiger partial charge is 0.433 e. The van der Waals surface area contributed by atoms with E-state index in [0.717, 1.165) is 0 Å². The van der Waals surface area contributed by atoms with E-state index in [1.165, 1.54) is 0 Å². The third-order valence-electron chi connectivity index (χ3n) is 1.83. The highest BCUT2D eigenvalue weighted by Gasteiger charge is 2.35. The number of nitriles is 1. The molecule has 0 amide bonds. The lowest BCUT2D eigenvalue weighted by Gasteiger charge is -2.11. The number of halogens is 6. The van der Waals surface area contributed by atoms with Crippen molar-refractivity contribution in [2.45, 2.75) is 19.0 Å². The molecule has 0 bridgehead atoms. The summed E-state index contributed by atoms with van der Waals surface area (Å²) in [5.41, 5.74) is -2.96. The smallest absolute Gasteiger partial charge is 0.241 e. The maximum atomic E-state index is 12.4. The summed E-state index contributed by atoms with van der Waals surface area (Å²) >= 11 is 5.44. The van der Waals surface area contributed by atoms with Gasteiger partial charge in [-0.15, -0.1) is 0 Å². The molecule has 0 spiro atoms. The predicted octanol–water partition coefficient (Wildman–Crippen LogP) is 3.76. The standard InChI is InChI=1S/C9H4ClF5N2/c10-6-4(1-2-16)3-5(9(13,14)15)17-7(6)8(11)12/h3,8H,1H2. The Bertz CT molecular complexity index is 464. The van der Waals surface area contributed by atoms with E-state index >= 15 is 0 Å². The molecule has 2 nitrogen and oxygen atoms in total. The van der Waals surface area contributed by atoms with E-state index < -0.39 is 35.4 Å². The summed E-state index contributed by atoms with van der Waals surface area (Å²) in [7, 11) is 0. The number of nitrogens with zero attached hydrogens (tertiary/aromatic N) is 2. The third kappa shape index (κ3) is 3.03. The number of hydrogen-bond donors (Lipinski definition) is 0. The molecule has 0 aliphatic heterocycles. The van der Waals surface area contributed by atoms with E-state index in [0.29, 0.717) is 6.07 Å². The first kappa shape index (κ1) is 13.6. The van der Waals surface area contributed by atoms with Crippen LogP contribution in [0.2, 0.25) is 5.02 Å². The second-order valence-corrected chi connectivity index (χ2v) is 3.38. The molecule has 0 aliphatic rings. The molecule has 0 radical (unpaired) electrons. The van der Waals surface area contributed by atoms with Gasteiger partial charge in [0.15, 0.2) is 0 Å². The van der Waals surface area contributed by atoms with E-state index in [1.54, 1.807) is 6.07 Å². The molecule has 0 N–H and O–H groups in total. The highest BCUT2D eigenvalue weighted by molar-refractivity contribution is 6.32. The molecule has 1 aromatic rings. The maximum Gasteiger partial charge on any atom is 0.433 e. The van der Waals surface area contributed by atoms with Gasteiger partial charge in [-0.1, -0.05) is 11.6 Å². The number of aromatic nitrogens is 1. The molecule has 0 saturated heterocycles. The van der Waals surface area contributed by atoms with Crippen LogP contribution in [-0.4, -0.2) is 4.98 Å². The number of pyridine rings is 1. The Hall–Kier alpha value is -1.42. The fourth-order valence-electron chi connectivity index (χ4n) is 1.11. The molecule has 0 atom stereocenters. The van der Waals surface area contributed by atoms with Gasteiger partial charge in [-0.3, -0.25) is 0 Å². The van der Waals surface area contributed by atoms with Crippen LogP contribution in [0.25, 0.3) is 0 Å². The Morgan fingerprint density at radius 3 is 2.41 bits per heavy atom. The van der Waals surface area contributed by atoms with Gasteiger partial charge in [-0.2, -0.15) is 18.4 Å². The summed E-state index contributed by atoms with van der Waals surface area (Å²) in [6.07, 6.45) is -8.59. The molecule has 1 heterocycles. The second kappa shape index (κ2) is 4.84. The molecule has 0 saturated carbocycles. The number of rotatable bonds is 2. The van der Waals surface area contributed by atoms with Gasteiger partial charge < -0.3 is 0 Å². The lowest BCUT2D eigenvalue weighted by molar-refractivity contribution is -0.141. The molecule has 0 aromatic carbocycles. The van der Waals surface area contributed by atoms with Crippen molar-refractivity contribution in [1.29, 1.82) is 5.26 Å². The van der Waals surface area contributed by atoms with Gasteiger partial charge in [0.2, 0.25) is 0 Å². The van der Waals surface area contributed by atoms with Crippen LogP contribution in [0, 0.1) is 11.3 Å². The summed E-state index contributed by atoms with van der Waals surface area (Å²) in [6, 6.07) is 2.04. The molecular formula is C9H4ClF5N2. The molecule has 1 rings (SSSR count). The average molecular weight is 271 g/mol. The van der Waals surface area contributed by atoms with Crippen LogP contribution >= 0.6 is 11.6 Å². The molecule has 1 aromatic heterocycles. The Morgan fingerprint density at radius 2 is 2.00 bits per heavy atom. The van der Waals surface area contributed by atoms with E-state index in [2.05, 4.69) is 4.98 Å². The van der Waals surface area contributed by atoms with E-state index in [4.69, 9.17) is 16.9 Å². The van der Waals surface area contributed by atoms with Crippen LogP contribution in [0.3, 0.4) is 0 Å². The molecule has 0 aliphatic carbocycles. The van der Waals surface area contributed by atoms with Crippen molar-refractivity contribution in [1.82, 2.24) is 4.98 Å². The van der Waals surface area contributed by atoms with Crippen LogP contribution in [0.1, 0.15) is 23.4 Å². The zero-order valence-electron chi connectivity index (χ0n) is 8.02. The quantitative estimate of drug-likeness (QED) is 0.767. The topological polar surface area (TPSA) is 36.7 Å². The van der Waals surface area contributed by atoms with Gasteiger partial charge in [-0.25, -0.2) is 13.8 Å². The number of hydrogen-bond acceptors (Lipinski definition) is 2. The van der Waals surface area contributed by atoms with Crippen LogP contribution in [-0.2, 0) is 12.6 Å². The van der Waals surface area contributed by atoms with Crippen LogP contribution in [0.5, 0.6) is 0 Å². The fourth-order valence-corrected chi connectivity index (χ4v) is 1.35. The normalized spacial score (nSPS) is 11.6. The van der Waals surface area contributed by atoms with Crippen LogP contribution in [0.15, 0.2) is 6.07 Å². The van der Waals surface area contributed by atoms with Gasteiger partial charge in [-0.05, 0) is 11.6 Å². The monoisotopic (exact) mass is 270 g/mol. The maximum absolute atomic E-state index is 12.4. The van der Waals surface area contributed by atoms with Crippen LogP contribution < -0.4 is 0 Å². The Kier molecular flexibility index (Phi) is 3.88. The molecule has 17 heavy (non-hydrogen) atoms. The summed E-state index contributed by atoms with van der Waals surface area (Å²) in [4.78, 5) is 2.77. The summed E-state index contributed by atoms with van der Waals surface area (Å²) in [6.45, 7) is 0. The first-order valence-corrected chi connectivity index (χ1v) is 4.56. The summed E-state index contributed by atoms with van der Waals surface area (Å²) in [5.74, 6) is 0. The van der Waals surface area contributed by atoms with Gasteiger partial charge in [0.05, 0.1) is 17.5 Å². The Labute approximate surface area is 97.6 Å². The third-order valence-corrected chi connectivity index (χ3v) is 2.26. The molecule has 0 fully saturated rings. The van der Waals surface area contributed by atoms with Gasteiger partial charge >= 0.3 is 6.18 Å². The van der Waals surface area contributed by atoms with E-state index in [1.807, 2.05) is 0 Å².